The highest BCUT2D eigenvalue weighted by Crippen LogP contribution is 2.10. The molecule has 12 heavy (non-hydrogen) atoms. The molecule has 0 spiro atoms. The normalized spacial score (nSPS) is 9.42. The Hall–Kier alpha value is -1.35. The number of benzene rings is 1. The summed E-state index contributed by atoms with van der Waals surface area (Å²) in [4.78, 5) is 15.5. The van der Waals surface area contributed by atoms with Crippen molar-refractivity contribution in [3.63, 3.8) is 0 Å². The Morgan fingerprint density at radius 3 is 2.58 bits per heavy atom. The predicted molar refractivity (Wildman–Crippen MR) is 46.6 cm³/mol. The number of nitrogens with zero attached hydrogens (tertiary/aromatic N) is 1. The van der Waals surface area contributed by atoms with Crippen LogP contribution in [0.2, 0.25) is 0 Å². The maximum Gasteiger partial charge on any atom is 0.238 e. The first-order valence-electron chi connectivity index (χ1n) is 3.81. The largest absolute Gasteiger partial charge is 0.276 e. The van der Waals surface area contributed by atoms with Gasteiger partial charge in [0.15, 0.2) is 0 Å². The Labute approximate surface area is 71.5 Å². The van der Waals surface area contributed by atoms with Gasteiger partial charge in [0.1, 0.15) is 0 Å². The molecular weight excluding hydrogens is 154 g/mol. The van der Waals surface area contributed by atoms with Crippen molar-refractivity contribution in [3.05, 3.63) is 30.3 Å². The Morgan fingerprint density at radius 1 is 1.42 bits per heavy atom. The van der Waals surface area contributed by atoms with Crippen molar-refractivity contribution < 1.29 is 9.63 Å². The number of hydroxylamine groups is 1. The quantitative estimate of drug-likeness (QED) is 0.501. The summed E-state index contributed by atoms with van der Waals surface area (Å²) in [6.07, 6.45) is 0.652. The first-order valence-corrected chi connectivity index (χ1v) is 3.81. The predicted octanol–water partition coefficient (Wildman–Crippen LogP) is 1.60. The molecule has 0 radical (unpaired) electrons. The minimum atomic E-state index is 0.480. The number of carbonyl (C=O) groups excluding carboxylic acids is 1. The van der Waals surface area contributed by atoms with Gasteiger partial charge < -0.3 is 0 Å². The maximum atomic E-state index is 10.5. The van der Waals surface area contributed by atoms with Gasteiger partial charge in [-0.3, -0.25) is 9.63 Å². The van der Waals surface area contributed by atoms with Crippen LogP contribution in [0.25, 0.3) is 0 Å². The van der Waals surface area contributed by atoms with Gasteiger partial charge in [-0.2, -0.15) is 5.06 Å². The molecule has 3 heteroatoms. The van der Waals surface area contributed by atoms with E-state index in [0.717, 1.165) is 5.69 Å². The maximum absolute atomic E-state index is 10.5. The molecular formula is C9H11NO2. The van der Waals surface area contributed by atoms with Crippen LogP contribution in [-0.4, -0.2) is 13.0 Å². The molecule has 0 saturated heterocycles. The van der Waals surface area contributed by atoms with E-state index in [4.69, 9.17) is 4.84 Å². The zero-order valence-corrected chi connectivity index (χ0v) is 6.93. The van der Waals surface area contributed by atoms with Crippen LogP contribution >= 0.6 is 0 Å². The molecule has 0 aromatic heterocycles. The molecule has 0 aliphatic heterocycles. The van der Waals surface area contributed by atoms with Crippen LogP contribution in [0.3, 0.4) is 0 Å². The molecule has 0 heterocycles. The number of para-hydroxylation sites is 1. The summed E-state index contributed by atoms with van der Waals surface area (Å²) < 4.78 is 0. The van der Waals surface area contributed by atoms with Gasteiger partial charge in [0, 0.05) is 0 Å². The van der Waals surface area contributed by atoms with Crippen LogP contribution in [0.4, 0.5) is 5.69 Å². The first kappa shape index (κ1) is 8.74. The summed E-state index contributed by atoms with van der Waals surface area (Å²) in [7, 11) is 0. The Balaban J connectivity index is 2.73. The topological polar surface area (TPSA) is 29.5 Å². The van der Waals surface area contributed by atoms with Crippen molar-refractivity contribution in [1.29, 1.82) is 0 Å². The van der Waals surface area contributed by atoms with Crippen molar-refractivity contribution in [2.75, 3.05) is 11.7 Å². The van der Waals surface area contributed by atoms with E-state index >= 15 is 0 Å². The second-order valence-corrected chi connectivity index (χ2v) is 2.18. The van der Waals surface area contributed by atoms with E-state index < -0.39 is 0 Å². The summed E-state index contributed by atoms with van der Waals surface area (Å²) in [5.74, 6) is 0. The monoisotopic (exact) mass is 165 g/mol. The first-order chi connectivity index (χ1) is 5.88. The molecule has 0 unspecified atom stereocenters. The summed E-state index contributed by atoms with van der Waals surface area (Å²) in [5.41, 5.74) is 0.745. The summed E-state index contributed by atoms with van der Waals surface area (Å²) in [5, 5.41) is 1.21. The molecule has 1 rings (SSSR count). The third-order valence-corrected chi connectivity index (χ3v) is 1.37. The van der Waals surface area contributed by atoms with E-state index in [-0.39, 0.29) is 0 Å². The smallest absolute Gasteiger partial charge is 0.238 e. The third kappa shape index (κ3) is 2.07. The van der Waals surface area contributed by atoms with Crippen molar-refractivity contribution in [1.82, 2.24) is 0 Å². The number of anilines is 1. The van der Waals surface area contributed by atoms with Crippen LogP contribution in [0.15, 0.2) is 30.3 Å². The van der Waals surface area contributed by atoms with E-state index in [0.29, 0.717) is 13.0 Å². The molecule has 64 valence electrons. The zero-order valence-electron chi connectivity index (χ0n) is 6.93. The van der Waals surface area contributed by atoms with Crippen molar-refractivity contribution in [3.8, 4) is 0 Å². The van der Waals surface area contributed by atoms with Crippen molar-refractivity contribution in [2.24, 2.45) is 0 Å². The number of carbonyl (C=O) groups is 1. The van der Waals surface area contributed by atoms with Crippen LogP contribution in [0.1, 0.15) is 6.92 Å². The highest BCUT2D eigenvalue weighted by Gasteiger charge is 2.01. The van der Waals surface area contributed by atoms with Crippen molar-refractivity contribution in [2.45, 2.75) is 6.92 Å². The number of hydrogen-bond acceptors (Lipinski definition) is 2. The summed E-state index contributed by atoms with van der Waals surface area (Å²) in [6.45, 7) is 2.31. The van der Waals surface area contributed by atoms with Gasteiger partial charge in [-0.1, -0.05) is 18.2 Å². The van der Waals surface area contributed by atoms with Gasteiger partial charge >= 0.3 is 0 Å². The van der Waals surface area contributed by atoms with E-state index in [1.165, 1.54) is 5.06 Å². The number of rotatable bonds is 4. The fourth-order valence-electron chi connectivity index (χ4n) is 0.880. The molecule has 1 aromatic carbocycles. The van der Waals surface area contributed by atoms with Gasteiger partial charge in [0.25, 0.3) is 0 Å². The molecule has 0 fully saturated rings. The van der Waals surface area contributed by atoms with Gasteiger partial charge in [-0.15, -0.1) is 0 Å². The number of hydrogen-bond donors (Lipinski definition) is 0. The lowest BCUT2D eigenvalue weighted by Gasteiger charge is -2.14. The molecule has 0 atom stereocenters. The van der Waals surface area contributed by atoms with Crippen LogP contribution in [0.5, 0.6) is 0 Å². The lowest BCUT2D eigenvalue weighted by Crippen LogP contribution is -2.20. The fraction of sp³-hybridized carbons (Fsp3) is 0.222. The Bertz CT molecular complexity index is 236. The third-order valence-electron chi connectivity index (χ3n) is 1.37. The average Bonchev–Trinajstić information content (AvgIpc) is 2.15. The van der Waals surface area contributed by atoms with Crippen LogP contribution in [0, 0.1) is 0 Å². The SMILES string of the molecule is CCON(C=O)c1ccccc1. The molecule has 0 saturated carbocycles. The molecule has 0 aliphatic rings. The van der Waals surface area contributed by atoms with Gasteiger partial charge in [-0.25, -0.2) is 0 Å². The van der Waals surface area contributed by atoms with Gasteiger partial charge in [0.05, 0.1) is 12.3 Å². The molecule has 1 aromatic rings. The standard InChI is InChI=1S/C9H11NO2/c1-2-12-10(8-11)9-6-4-3-5-7-9/h3-8H,2H2,1H3. The molecule has 3 nitrogen and oxygen atoms in total. The molecule has 1 amide bonds. The van der Waals surface area contributed by atoms with Crippen LogP contribution < -0.4 is 5.06 Å². The molecule has 0 aliphatic carbocycles. The molecule has 0 N–H and O–H groups in total. The second-order valence-electron chi connectivity index (χ2n) is 2.18. The summed E-state index contributed by atoms with van der Waals surface area (Å²) in [6, 6.07) is 9.21. The van der Waals surface area contributed by atoms with Gasteiger partial charge in [0.2, 0.25) is 6.41 Å². The lowest BCUT2D eigenvalue weighted by molar-refractivity contribution is -0.113. The highest BCUT2D eigenvalue weighted by atomic mass is 16.7. The fourth-order valence-corrected chi connectivity index (χ4v) is 0.880. The lowest BCUT2D eigenvalue weighted by atomic mass is 10.3. The molecule has 0 bridgehead atoms. The van der Waals surface area contributed by atoms with Crippen molar-refractivity contribution >= 4 is 12.1 Å². The van der Waals surface area contributed by atoms with E-state index in [9.17, 15) is 4.79 Å². The summed E-state index contributed by atoms with van der Waals surface area (Å²) >= 11 is 0. The number of amides is 1. The van der Waals surface area contributed by atoms with Crippen LogP contribution in [-0.2, 0) is 9.63 Å². The second kappa shape index (κ2) is 4.51. The minimum Gasteiger partial charge on any atom is -0.276 e. The highest BCUT2D eigenvalue weighted by molar-refractivity contribution is 5.71. The zero-order chi connectivity index (χ0) is 8.81. The Morgan fingerprint density at radius 2 is 2.08 bits per heavy atom. The Kier molecular flexibility index (Phi) is 3.29. The van der Waals surface area contributed by atoms with Gasteiger partial charge in [-0.05, 0) is 19.1 Å². The van der Waals surface area contributed by atoms with E-state index in [1.807, 2.05) is 37.3 Å². The average molecular weight is 165 g/mol. The van der Waals surface area contributed by atoms with E-state index in [1.54, 1.807) is 0 Å². The minimum absolute atomic E-state index is 0.480. The van der Waals surface area contributed by atoms with E-state index in [2.05, 4.69) is 0 Å².